The minimum absolute atomic E-state index is 0.269. The number of nitrogens with one attached hydrogen (secondary N) is 2. The van der Waals surface area contributed by atoms with Crippen LogP contribution in [0.15, 0.2) is 48.5 Å². The number of halogens is 1. The highest BCUT2D eigenvalue weighted by Crippen LogP contribution is 2.15. The fourth-order valence-corrected chi connectivity index (χ4v) is 2.73. The zero-order valence-corrected chi connectivity index (χ0v) is 14.2. The third-order valence-corrected chi connectivity index (χ3v) is 4.15. The molecule has 26 heavy (non-hydrogen) atoms. The largest absolute Gasteiger partial charge is 0.325 e. The summed E-state index contributed by atoms with van der Waals surface area (Å²) in [6.45, 7) is 1.19. The summed E-state index contributed by atoms with van der Waals surface area (Å²) in [6.07, 6.45) is 0.354. The zero-order valence-electron chi connectivity index (χ0n) is 14.2. The number of hydrogen-bond acceptors (Lipinski definition) is 3. The molecule has 1 unspecified atom stereocenters. The minimum Gasteiger partial charge on any atom is -0.325 e. The number of nitrogens with zero attached hydrogens (tertiary/aromatic N) is 1. The lowest BCUT2D eigenvalue weighted by molar-refractivity contribution is -0.130. The molecule has 0 aliphatic carbocycles. The van der Waals surface area contributed by atoms with Crippen LogP contribution in [0.25, 0.3) is 0 Å². The molecule has 1 heterocycles. The number of aryl methyl sites for hydroxylation is 1. The molecule has 0 radical (unpaired) electrons. The zero-order chi connectivity index (χ0) is 18.7. The van der Waals surface area contributed by atoms with Gasteiger partial charge in [0.2, 0.25) is 5.91 Å². The number of benzene rings is 2. The molecule has 1 aliphatic heterocycles. The van der Waals surface area contributed by atoms with E-state index >= 15 is 0 Å². The minimum atomic E-state index is -0.700. The number of rotatable bonds is 5. The van der Waals surface area contributed by atoms with Crippen LogP contribution < -0.4 is 10.6 Å². The fourth-order valence-electron chi connectivity index (χ4n) is 2.73. The van der Waals surface area contributed by atoms with Gasteiger partial charge in [-0.2, -0.15) is 0 Å². The normalized spacial score (nSPS) is 16.5. The number of carbonyl (C=O) groups excluding carboxylic acids is 3. The van der Waals surface area contributed by atoms with Crippen LogP contribution in [0.2, 0.25) is 0 Å². The Morgan fingerprint density at radius 3 is 2.62 bits per heavy atom. The lowest BCUT2D eigenvalue weighted by atomic mass is 10.1. The van der Waals surface area contributed by atoms with Crippen molar-refractivity contribution in [1.29, 1.82) is 0 Å². The van der Waals surface area contributed by atoms with Gasteiger partial charge in [-0.05, 0) is 30.2 Å². The van der Waals surface area contributed by atoms with Gasteiger partial charge in [0.1, 0.15) is 18.4 Å². The predicted molar refractivity (Wildman–Crippen MR) is 93.9 cm³/mol. The summed E-state index contributed by atoms with van der Waals surface area (Å²) in [5.41, 5.74) is 1.64. The molecule has 2 aromatic carbocycles. The van der Waals surface area contributed by atoms with E-state index in [1.165, 1.54) is 12.1 Å². The molecule has 2 N–H and O–H groups in total. The lowest BCUT2D eigenvalue weighted by Gasteiger charge is -2.13. The van der Waals surface area contributed by atoms with Crippen LogP contribution >= 0.6 is 0 Å². The van der Waals surface area contributed by atoms with Gasteiger partial charge in [-0.25, -0.2) is 9.18 Å². The summed E-state index contributed by atoms with van der Waals surface area (Å²) in [4.78, 5) is 37.4. The van der Waals surface area contributed by atoms with Crippen molar-refractivity contribution < 1.29 is 18.8 Å². The number of imide groups is 1. The highest BCUT2D eigenvalue weighted by Gasteiger charge is 2.38. The molecule has 7 heteroatoms. The van der Waals surface area contributed by atoms with E-state index in [1.54, 1.807) is 13.0 Å². The summed E-state index contributed by atoms with van der Waals surface area (Å²) in [5, 5.41) is 5.08. The van der Waals surface area contributed by atoms with Crippen molar-refractivity contribution in [2.24, 2.45) is 0 Å². The fraction of sp³-hybridized carbons (Fsp3) is 0.211. The molecule has 1 saturated heterocycles. The maximum atomic E-state index is 13.5. The van der Waals surface area contributed by atoms with Gasteiger partial charge >= 0.3 is 6.03 Å². The Morgan fingerprint density at radius 2 is 1.92 bits per heavy atom. The summed E-state index contributed by atoms with van der Waals surface area (Å²) in [7, 11) is 0. The highest BCUT2D eigenvalue weighted by atomic mass is 19.1. The van der Waals surface area contributed by atoms with E-state index < -0.39 is 36.2 Å². The second kappa shape index (κ2) is 7.35. The van der Waals surface area contributed by atoms with Crippen molar-refractivity contribution in [2.45, 2.75) is 19.4 Å². The van der Waals surface area contributed by atoms with Crippen LogP contribution in [0.1, 0.15) is 11.1 Å². The van der Waals surface area contributed by atoms with E-state index in [2.05, 4.69) is 10.6 Å². The molecular weight excluding hydrogens is 337 g/mol. The third-order valence-electron chi connectivity index (χ3n) is 4.15. The van der Waals surface area contributed by atoms with Gasteiger partial charge in [0.15, 0.2) is 0 Å². The number of urea groups is 1. The van der Waals surface area contributed by atoms with E-state index in [9.17, 15) is 18.8 Å². The van der Waals surface area contributed by atoms with Gasteiger partial charge in [0, 0.05) is 12.1 Å². The number of hydrogen-bond donors (Lipinski definition) is 2. The lowest BCUT2D eigenvalue weighted by Crippen LogP contribution is -2.38. The molecule has 1 fully saturated rings. The average molecular weight is 355 g/mol. The maximum absolute atomic E-state index is 13.5. The smallest absolute Gasteiger partial charge is 0.325 e. The van der Waals surface area contributed by atoms with Crippen molar-refractivity contribution >= 4 is 23.5 Å². The molecule has 0 spiro atoms. The quantitative estimate of drug-likeness (QED) is 0.808. The van der Waals surface area contributed by atoms with Crippen molar-refractivity contribution in [3.63, 3.8) is 0 Å². The summed E-state index contributed by atoms with van der Waals surface area (Å²) >= 11 is 0. The Morgan fingerprint density at radius 1 is 1.19 bits per heavy atom. The van der Waals surface area contributed by atoms with E-state index in [0.717, 1.165) is 10.5 Å². The first-order valence-electron chi connectivity index (χ1n) is 8.16. The average Bonchev–Trinajstić information content (AvgIpc) is 2.86. The molecule has 134 valence electrons. The van der Waals surface area contributed by atoms with Crippen LogP contribution in [0.3, 0.4) is 0 Å². The number of anilines is 1. The predicted octanol–water partition coefficient (Wildman–Crippen LogP) is 2.24. The van der Waals surface area contributed by atoms with Crippen LogP contribution in [-0.2, 0) is 16.0 Å². The molecule has 3 rings (SSSR count). The Labute approximate surface area is 150 Å². The Kier molecular flexibility index (Phi) is 4.97. The molecular formula is C19H18FN3O3. The van der Waals surface area contributed by atoms with E-state index in [0.29, 0.717) is 12.0 Å². The van der Waals surface area contributed by atoms with E-state index in [-0.39, 0.29) is 5.69 Å². The Bertz CT molecular complexity index is 854. The summed E-state index contributed by atoms with van der Waals surface area (Å²) in [6, 6.07) is 12.3. The van der Waals surface area contributed by atoms with Crippen LogP contribution in [0.5, 0.6) is 0 Å². The standard InChI is InChI=1S/C19H18FN3O3/c1-12-7-8-14(10-15(12)20)21-17(24)11-23-18(25)16(22-19(23)26)9-13-5-3-2-4-6-13/h2-8,10,16H,9,11H2,1H3,(H,21,24)(H,22,26). The monoisotopic (exact) mass is 355 g/mol. The first-order valence-corrected chi connectivity index (χ1v) is 8.16. The van der Waals surface area contributed by atoms with Gasteiger partial charge in [-0.15, -0.1) is 0 Å². The molecule has 4 amide bonds. The first-order chi connectivity index (χ1) is 12.4. The number of amides is 4. The molecule has 6 nitrogen and oxygen atoms in total. The second-order valence-corrected chi connectivity index (χ2v) is 6.13. The molecule has 1 atom stereocenters. The van der Waals surface area contributed by atoms with Crippen LogP contribution in [0, 0.1) is 12.7 Å². The van der Waals surface area contributed by atoms with Gasteiger partial charge in [-0.1, -0.05) is 36.4 Å². The van der Waals surface area contributed by atoms with Gasteiger partial charge in [-0.3, -0.25) is 14.5 Å². The Hall–Kier alpha value is -3.22. The van der Waals surface area contributed by atoms with Crippen molar-refractivity contribution in [1.82, 2.24) is 10.2 Å². The third kappa shape index (κ3) is 3.88. The van der Waals surface area contributed by atoms with Gasteiger partial charge < -0.3 is 10.6 Å². The topological polar surface area (TPSA) is 78.5 Å². The SMILES string of the molecule is Cc1ccc(NC(=O)CN2C(=O)NC(Cc3ccccc3)C2=O)cc1F. The van der Waals surface area contributed by atoms with Gasteiger partial charge in [0.25, 0.3) is 5.91 Å². The summed E-state index contributed by atoms with van der Waals surface area (Å²) < 4.78 is 13.5. The summed E-state index contributed by atoms with van der Waals surface area (Å²) in [5.74, 6) is -1.47. The van der Waals surface area contributed by atoms with Gasteiger partial charge in [0.05, 0.1) is 0 Å². The molecule has 0 bridgehead atoms. The van der Waals surface area contributed by atoms with Crippen LogP contribution in [0.4, 0.5) is 14.9 Å². The van der Waals surface area contributed by atoms with Crippen molar-refractivity contribution in [3.8, 4) is 0 Å². The second-order valence-electron chi connectivity index (χ2n) is 6.13. The highest BCUT2D eigenvalue weighted by molar-refractivity contribution is 6.08. The molecule has 2 aromatic rings. The van der Waals surface area contributed by atoms with Crippen LogP contribution in [-0.4, -0.2) is 35.3 Å². The van der Waals surface area contributed by atoms with E-state index in [4.69, 9.17) is 0 Å². The Balaban J connectivity index is 1.61. The number of carbonyl (C=O) groups is 3. The van der Waals surface area contributed by atoms with Crippen molar-refractivity contribution in [2.75, 3.05) is 11.9 Å². The van der Waals surface area contributed by atoms with Crippen molar-refractivity contribution in [3.05, 3.63) is 65.5 Å². The first kappa shape index (κ1) is 17.6. The molecule has 0 aromatic heterocycles. The van der Waals surface area contributed by atoms with E-state index in [1.807, 2.05) is 30.3 Å². The maximum Gasteiger partial charge on any atom is 0.325 e. The molecule has 0 saturated carbocycles. The molecule has 1 aliphatic rings.